The summed E-state index contributed by atoms with van der Waals surface area (Å²) in [6.07, 6.45) is 6.67. The summed E-state index contributed by atoms with van der Waals surface area (Å²) in [6.45, 7) is 0. The minimum Gasteiger partial charge on any atom is -0.339 e. The number of anilines is 1. The summed E-state index contributed by atoms with van der Waals surface area (Å²) in [5.41, 5.74) is 0.758. The summed E-state index contributed by atoms with van der Waals surface area (Å²) in [6, 6.07) is 8.82. The summed E-state index contributed by atoms with van der Waals surface area (Å²) in [4.78, 5) is 20.1. The number of hydrogen-bond acceptors (Lipinski definition) is 4. The lowest BCUT2D eigenvalue weighted by Crippen LogP contribution is -2.55. The van der Waals surface area contributed by atoms with Crippen molar-refractivity contribution in [2.45, 2.75) is 9.96 Å². The van der Waals surface area contributed by atoms with E-state index in [9.17, 15) is 4.79 Å². The van der Waals surface area contributed by atoms with Crippen LogP contribution in [0.3, 0.4) is 0 Å². The Labute approximate surface area is 171 Å². The summed E-state index contributed by atoms with van der Waals surface area (Å²) in [5.74, 6) is 0.0363. The second-order valence-electron chi connectivity index (χ2n) is 4.92. The molecule has 0 fully saturated rings. The molecular weight excluding hydrogens is 417 g/mol. The molecule has 0 bridgehead atoms. The molecule has 0 aromatic carbocycles. The van der Waals surface area contributed by atoms with Gasteiger partial charge in [-0.3, -0.25) is 9.78 Å². The Balaban J connectivity index is 1.97. The zero-order valence-corrected chi connectivity index (χ0v) is 16.3. The van der Waals surface area contributed by atoms with Gasteiger partial charge in [-0.15, -0.1) is 0 Å². The maximum atomic E-state index is 12.1. The molecule has 0 aliphatic carbocycles. The quantitative estimate of drug-likeness (QED) is 0.292. The fourth-order valence-corrected chi connectivity index (χ4v) is 2.31. The molecule has 10 heteroatoms. The number of pyridine rings is 2. The van der Waals surface area contributed by atoms with Gasteiger partial charge < -0.3 is 16.0 Å². The molecule has 0 spiro atoms. The number of alkyl halides is 3. The van der Waals surface area contributed by atoms with Crippen molar-refractivity contribution in [3.05, 3.63) is 60.6 Å². The molecule has 3 N–H and O–H groups in total. The molecule has 26 heavy (non-hydrogen) atoms. The molecule has 1 atom stereocenters. The summed E-state index contributed by atoms with van der Waals surface area (Å²) in [7, 11) is 0. The molecule has 0 aliphatic heterocycles. The summed E-state index contributed by atoms with van der Waals surface area (Å²) in [5, 5.41) is 8.25. The van der Waals surface area contributed by atoms with Crippen LogP contribution >= 0.6 is 47.0 Å². The average molecular weight is 431 g/mol. The molecule has 0 radical (unpaired) electrons. The van der Waals surface area contributed by atoms with Crippen molar-refractivity contribution in [1.29, 1.82) is 0 Å². The van der Waals surface area contributed by atoms with Crippen molar-refractivity contribution < 1.29 is 4.79 Å². The number of carbonyl (C=O) groups excluding carboxylic acids is 1. The first kappa shape index (κ1) is 20.4. The van der Waals surface area contributed by atoms with E-state index >= 15 is 0 Å². The van der Waals surface area contributed by atoms with E-state index in [2.05, 4.69) is 25.9 Å². The van der Waals surface area contributed by atoms with E-state index < -0.39 is 15.9 Å². The van der Waals surface area contributed by atoms with E-state index in [1.54, 1.807) is 55.0 Å². The highest BCUT2D eigenvalue weighted by Crippen LogP contribution is 2.29. The molecule has 2 heterocycles. The molecule has 2 aromatic heterocycles. The lowest BCUT2D eigenvalue weighted by Gasteiger charge is -2.27. The van der Waals surface area contributed by atoms with Crippen molar-refractivity contribution in [2.24, 2.45) is 0 Å². The third-order valence-electron chi connectivity index (χ3n) is 2.91. The number of aromatic nitrogens is 2. The molecule has 0 aliphatic rings. The van der Waals surface area contributed by atoms with Crippen molar-refractivity contribution in [2.75, 3.05) is 5.32 Å². The number of nitrogens with zero attached hydrogens (tertiary/aromatic N) is 2. The van der Waals surface area contributed by atoms with Gasteiger partial charge >= 0.3 is 0 Å². The topological polar surface area (TPSA) is 78.9 Å². The monoisotopic (exact) mass is 429 g/mol. The second-order valence-corrected chi connectivity index (χ2v) is 7.69. The predicted molar refractivity (Wildman–Crippen MR) is 109 cm³/mol. The van der Waals surface area contributed by atoms with E-state index in [-0.39, 0.29) is 5.11 Å². The SMILES string of the molecule is O=C(/C=C/c1cccnc1)NC(NC(=S)Nc1ccccn1)C(Cl)(Cl)Cl. The second kappa shape index (κ2) is 9.68. The highest BCUT2D eigenvalue weighted by atomic mass is 35.6. The van der Waals surface area contributed by atoms with E-state index in [0.29, 0.717) is 5.82 Å². The smallest absolute Gasteiger partial charge is 0.245 e. The van der Waals surface area contributed by atoms with Crippen molar-refractivity contribution in [3.63, 3.8) is 0 Å². The van der Waals surface area contributed by atoms with Gasteiger partial charge in [0.1, 0.15) is 12.0 Å². The van der Waals surface area contributed by atoms with Gasteiger partial charge in [0.2, 0.25) is 9.70 Å². The molecule has 136 valence electrons. The predicted octanol–water partition coefficient (Wildman–Crippen LogP) is 3.29. The first-order valence-corrected chi connectivity index (χ1v) is 8.82. The van der Waals surface area contributed by atoms with Gasteiger partial charge in [-0.05, 0) is 42.1 Å². The molecular formula is C16H14Cl3N5OS. The number of nitrogens with one attached hydrogen (secondary N) is 3. The van der Waals surface area contributed by atoms with Gasteiger partial charge in [0.15, 0.2) is 5.11 Å². The highest BCUT2D eigenvalue weighted by Gasteiger charge is 2.34. The fraction of sp³-hybridized carbons (Fsp3) is 0.125. The first-order valence-electron chi connectivity index (χ1n) is 7.28. The lowest BCUT2D eigenvalue weighted by atomic mass is 10.2. The Morgan fingerprint density at radius 1 is 1.15 bits per heavy atom. The van der Waals surface area contributed by atoms with Crippen LogP contribution in [0, 0.1) is 0 Å². The summed E-state index contributed by atoms with van der Waals surface area (Å²) < 4.78 is -1.84. The van der Waals surface area contributed by atoms with Crippen LogP contribution < -0.4 is 16.0 Å². The number of hydrogen-bond donors (Lipinski definition) is 3. The van der Waals surface area contributed by atoms with Crippen LogP contribution in [0.15, 0.2) is 55.0 Å². The van der Waals surface area contributed by atoms with Gasteiger partial charge in [0.25, 0.3) is 0 Å². The minimum absolute atomic E-state index is 0.136. The standard InChI is InChI=1S/C16H14Cl3N5OS/c17-16(18,19)14(24-15(26)22-12-5-1-2-9-21-12)23-13(25)7-6-11-4-3-8-20-10-11/h1-10,14H,(H,23,25)(H2,21,22,24,26)/b7-6+. The molecule has 2 rings (SSSR count). The lowest BCUT2D eigenvalue weighted by molar-refractivity contribution is -0.117. The van der Waals surface area contributed by atoms with Crippen molar-refractivity contribution >= 4 is 69.9 Å². The molecule has 6 nitrogen and oxygen atoms in total. The van der Waals surface area contributed by atoms with Crippen LogP contribution in [0.5, 0.6) is 0 Å². The molecule has 1 amide bonds. The minimum atomic E-state index is -1.84. The molecule has 1 unspecified atom stereocenters. The third-order valence-corrected chi connectivity index (χ3v) is 3.78. The Hall–Kier alpha value is -1.93. The van der Waals surface area contributed by atoms with E-state index in [1.807, 2.05) is 0 Å². The first-order chi connectivity index (χ1) is 12.3. The Morgan fingerprint density at radius 3 is 2.58 bits per heavy atom. The fourth-order valence-electron chi connectivity index (χ4n) is 1.76. The Morgan fingerprint density at radius 2 is 1.96 bits per heavy atom. The van der Waals surface area contributed by atoms with E-state index in [4.69, 9.17) is 47.0 Å². The van der Waals surface area contributed by atoms with Crippen LogP contribution in [-0.4, -0.2) is 30.9 Å². The van der Waals surface area contributed by atoms with Crippen LogP contribution in [0.1, 0.15) is 5.56 Å². The van der Waals surface area contributed by atoms with E-state index in [0.717, 1.165) is 5.56 Å². The Kier molecular flexibility index (Phi) is 7.59. The van der Waals surface area contributed by atoms with Crippen LogP contribution in [-0.2, 0) is 4.79 Å². The van der Waals surface area contributed by atoms with Gasteiger partial charge in [-0.2, -0.15) is 0 Å². The normalized spacial score (nSPS) is 12.4. The average Bonchev–Trinajstić information content (AvgIpc) is 2.60. The molecule has 2 aromatic rings. The Bertz CT molecular complexity index is 768. The summed E-state index contributed by atoms with van der Waals surface area (Å²) >= 11 is 22.9. The highest BCUT2D eigenvalue weighted by molar-refractivity contribution is 7.80. The number of amides is 1. The zero-order chi connectivity index (χ0) is 19.0. The van der Waals surface area contributed by atoms with E-state index in [1.165, 1.54) is 6.08 Å². The zero-order valence-electron chi connectivity index (χ0n) is 13.2. The van der Waals surface area contributed by atoms with Gasteiger partial charge in [-0.25, -0.2) is 4.98 Å². The largest absolute Gasteiger partial charge is 0.339 e. The maximum absolute atomic E-state index is 12.1. The number of halogens is 3. The molecule has 0 saturated carbocycles. The van der Waals surface area contributed by atoms with Gasteiger partial charge in [-0.1, -0.05) is 46.9 Å². The third kappa shape index (κ3) is 7.13. The van der Waals surface area contributed by atoms with Crippen LogP contribution in [0.2, 0.25) is 0 Å². The number of carbonyl (C=O) groups is 1. The maximum Gasteiger partial charge on any atom is 0.245 e. The molecule has 0 saturated heterocycles. The number of thiocarbonyl (C=S) groups is 1. The van der Waals surface area contributed by atoms with Gasteiger partial charge in [0, 0.05) is 24.7 Å². The van der Waals surface area contributed by atoms with Crippen LogP contribution in [0.4, 0.5) is 5.82 Å². The van der Waals surface area contributed by atoms with Crippen LogP contribution in [0.25, 0.3) is 6.08 Å². The van der Waals surface area contributed by atoms with Crippen molar-refractivity contribution in [1.82, 2.24) is 20.6 Å². The van der Waals surface area contributed by atoms with Gasteiger partial charge in [0.05, 0.1) is 0 Å². The number of rotatable bonds is 5. The van der Waals surface area contributed by atoms with Crippen molar-refractivity contribution in [3.8, 4) is 0 Å².